The summed E-state index contributed by atoms with van der Waals surface area (Å²) in [5, 5.41) is 0.741. The van der Waals surface area contributed by atoms with E-state index < -0.39 is 10.0 Å². The Labute approximate surface area is 197 Å². The number of hydrogen-bond acceptors (Lipinski definition) is 7. The van der Waals surface area contributed by atoms with E-state index in [4.69, 9.17) is 0 Å². The number of para-hydroxylation sites is 1. The number of aromatic nitrogens is 3. The van der Waals surface area contributed by atoms with Crippen LogP contribution in [0.4, 0.5) is 11.5 Å². The van der Waals surface area contributed by atoms with Gasteiger partial charge in [0.1, 0.15) is 10.7 Å². The Kier molecular flexibility index (Phi) is 5.81. The molecular weight excluding hydrogens is 452 g/mol. The molecule has 172 valence electrons. The van der Waals surface area contributed by atoms with Crippen molar-refractivity contribution in [2.45, 2.75) is 4.90 Å². The molecule has 0 aliphatic carbocycles. The maximum absolute atomic E-state index is 13.0. The number of carbonyl (C=O) groups excluding carboxylic acids is 1. The number of anilines is 2. The highest BCUT2D eigenvalue weighted by Crippen LogP contribution is 2.24. The van der Waals surface area contributed by atoms with E-state index in [0.29, 0.717) is 42.9 Å². The molecule has 1 fully saturated rings. The molecule has 0 unspecified atom stereocenters. The molecule has 1 amide bonds. The fraction of sp³-hybridized carbons (Fsp3) is 0.167. The van der Waals surface area contributed by atoms with Crippen LogP contribution in [0.15, 0.2) is 84.3 Å². The van der Waals surface area contributed by atoms with Crippen LogP contribution in [0.25, 0.3) is 10.9 Å². The van der Waals surface area contributed by atoms with Gasteiger partial charge in [-0.3, -0.25) is 19.5 Å². The summed E-state index contributed by atoms with van der Waals surface area (Å²) >= 11 is 0. The van der Waals surface area contributed by atoms with Crippen molar-refractivity contribution in [3.63, 3.8) is 0 Å². The minimum atomic E-state index is -3.85. The molecule has 34 heavy (non-hydrogen) atoms. The van der Waals surface area contributed by atoms with E-state index in [-0.39, 0.29) is 10.8 Å². The highest BCUT2D eigenvalue weighted by atomic mass is 32.2. The van der Waals surface area contributed by atoms with Gasteiger partial charge in [0, 0.05) is 61.4 Å². The largest absolute Gasteiger partial charge is 0.352 e. The van der Waals surface area contributed by atoms with Crippen molar-refractivity contribution in [3.05, 3.63) is 84.9 Å². The van der Waals surface area contributed by atoms with Gasteiger partial charge in [-0.15, -0.1) is 0 Å². The smallest absolute Gasteiger partial charge is 0.264 e. The Balaban J connectivity index is 1.26. The summed E-state index contributed by atoms with van der Waals surface area (Å²) in [6, 6.07) is 15.1. The molecule has 1 aliphatic rings. The lowest BCUT2D eigenvalue weighted by Gasteiger charge is -2.35. The first kappa shape index (κ1) is 21.8. The molecule has 1 aliphatic heterocycles. The molecule has 5 rings (SSSR count). The third kappa shape index (κ3) is 4.40. The molecule has 1 saturated heterocycles. The lowest BCUT2D eigenvalue weighted by Crippen LogP contribution is -2.49. The highest BCUT2D eigenvalue weighted by molar-refractivity contribution is 7.93. The zero-order valence-electron chi connectivity index (χ0n) is 18.2. The van der Waals surface area contributed by atoms with E-state index in [1.165, 1.54) is 6.07 Å². The average Bonchev–Trinajstić information content (AvgIpc) is 2.89. The number of nitrogens with zero attached hydrogens (tertiary/aromatic N) is 5. The van der Waals surface area contributed by atoms with Crippen molar-refractivity contribution in [2.24, 2.45) is 0 Å². The zero-order chi connectivity index (χ0) is 23.5. The van der Waals surface area contributed by atoms with Gasteiger partial charge in [-0.1, -0.05) is 18.2 Å². The van der Waals surface area contributed by atoms with Crippen molar-refractivity contribution < 1.29 is 13.2 Å². The van der Waals surface area contributed by atoms with Crippen molar-refractivity contribution in [3.8, 4) is 0 Å². The standard InChI is InChI=1S/C24H22N6O3S/c31-24(30-15-13-29(14-16-30)22-17-25-11-12-26-22)19-6-8-20(9-7-19)28-34(32,33)21-5-1-3-18-4-2-10-27-23(18)21/h1-12,17,28H,13-16H2. The number of amides is 1. The number of pyridine rings is 1. The second-order valence-corrected chi connectivity index (χ2v) is 9.51. The first-order valence-corrected chi connectivity index (χ1v) is 12.3. The Morgan fingerprint density at radius 2 is 1.62 bits per heavy atom. The number of fused-ring (bicyclic) bond motifs is 1. The zero-order valence-corrected chi connectivity index (χ0v) is 19.0. The summed E-state index contributed by atoms with van der Waals surface area (Å²) in [4.78, 5) is 29.5. The van der Waals surface area contributed by atoms with Gasteiger partial charge in [-0.2, -0.15) is 0 Å². The minimum Gasteiger partial charge on any atom is -0.352 e. The van der Waals surface area contributed by atoms with Gasteiger partial charge in [-0.25, -0.2) is 13.4 Å². The number of sulfonamides is 1. The van der Waals surface area contributed by atoms with Crippen molar-refractivity contribution >= 4 is 38.3 Å². The number of piperazine rings is 1. The van der Waals surface area contributed by atoms with Crippen LogP contribution in [0.5, 0.6) is 0 Å². The lowest BCUT2D eigenvalue weighted by molar-refractivity contribution is 0.0746. The van der Waals surface area contributed by atoms with E-state index in [2.05, 4.69) is 24.6 Å². The minimum absolute atomic E-state index is 0.0912. The maximum atomic E-state index is 13.0. The quantitative estimate of drug-likeness (QED) is 0.474. The summed E-state index contributed by atoms with van der Waals surface area (Å²) in [5.41, 5.74) is 1.28. The second kappa shape index (κ2) is 9.06. The third-order valence-corrected chi connectivity index (χ3v) is 7.12. The fourth-order valence-corrected chi connectivity index (χ4v) is 5.20. The summed E-state index contributed by atoms with van der Waals surface area (Å²) in [6.45, 7) is 2.47. The summed E-state index contributed by atoms with van der Waals surface area (Å²) < 4.78 is 28.6. The fourth-order valence-electron chi connectivity index (χ4n) is 3.96. The Morgan fingerprint density at radius 3 is 2.35 bits per heavy atom. The molecule has 0 spiro atoms. The molecule has 2 aromatic heterocycles. The van der Waals surface area contributed by atoms with Crippen LogP contribution in [-0.2, 0) is 10.0 Å². The predicted octanol–water partition coefficient (Wildman–Crippen LogP) is 2.79. The normalized spacial score (nSPS) is 14.2. The van der Waals surface area contributed by atoms with E-state index in [9.17, 15) is 13.2 Å². The average molecular weight is 475 g/mol. The first-order chi connectivity index (χ1) is 16.5. The van der Waals surface area contributed by atoms with Crippen molar-refractivity contribution in [2.75, 3.05) is 35.8 Å². The van der Waals surface area contributed by atoms with Crippen LogP contribution in [0.1, 0.15) is 10.4 Å². The lowest BCUT2D eigenvalue weighted by atomic mass is 10.1. The molecule has 0 atom stereocenters. The van der Waals surface area contributed by atoms with E-state index in [1.807, 2.05) is 12.1 Å². The Morgan fingerprint density at radius 1 is 0.853 bits per heavy atom. The molecule has 10 heteroatoms. The molecular formula is C24H22N6O3S. The number of carbonyl (C=O) groups is 1. The van der Waals surface area contributed by atoms with Gasteiger partial charge < -0.3 is 9.80 Å². The van der Waals surface area contributed by atoms with E-state index >= 15 is 0 Å². The van der Waals surface area contributed by atoms with Crippen LogP contribution < -0.4 is 9.62 Å². The predicted molar refractivity (Wildman–Crippen MR) is 129 cm³/mol. The number of benzene rings is 2. The van der Waals surface area contributed by atoms with Gasteiger partial charge in [-0.05, 0) is 36.4 Å². The Bertz CT molecular complexity index is 1420. The van der Waals surface area contributed by atoms with Gasteiger partial charge in [0.05, 0.1) is 11.7 Å². The molecule has 0 bridgehead atoms. The van der Waals surface area contributed by atoms with Crippen LogP contribution in [0, 0.1) is 0 Å². The van der Waals surface area contributed by atoms with Crippen molar-refractivity contribution in [1.29, 1.82) is 0 Å². The molecule has 9 nitrogen and oxygen atoms in total. The van der Waals surface area contributed by atoms with Crippen LogP contribution in [-0.4, -0.2) is 60.4 Å². The van der Waals surface area contributed by atoms with E-state index in [0.717, 1.165) is 11.2 Å². The topological polar surface area (TPSA) is 108 Å². The number of rotatable bonds is 5. The first-order valence-electron chi connectivity index (χ1n) is 10.8. The molecule has 2 aromatic carbocycles. The summed E-state index contributed by atoms with van der Waals surface area (Å²) in [5.74, 6) is 0.707. The molecule has 0 radical (unpaired) electrons. The number of hydrogen-bond donors (Lipinski definition) is 1. The number of nitrogens with one attached hydrogen (secondary N) is 1. The van der Waals surface area contributed by atoms with Gasteiger partial charge in [0.15, 0.2) is 0 Å². The SMILES string of the molecule is O=C(c1ccc(NS(=O)(=O)c2cccc3cccnc23)cc1)N1CCN(c2cnccn2)CC1. The monoisotopic (exact) mass is 474 g/mol. The molecule has 0 saturated carbocycles. The summed E-state index contributed by atoms with van der Waals surface area (Å²) in [7, 11) is -3.85. The van der Waals surface area contributed by atoms with Gasteiger partial charge in [0.25, 0.3) is 15.9 Å². The van der Waals surface area contributed by atoms with Crippen molar-refractivity contribution in [1.82, 2.24) is 19.9 Å². The van der Waals surface area contributed by atoms with E-state index in [1.54, 1.807) is 66.1 Å². The van der Waals surface area contributed by atoms with Gasteiger partial charge in [0.2, 0.25) is 0 Å². The molecule has 3 heterocycles. The van der Waals surface area contributed by atoms with Crippen LogP contribution >= 0.6 is 0 Å². The maximum Gasteiger partial charge on any atom is 0.264 e. The molecule has 4 aromatic rings. The third-order valence-electron chi connectivity index (χ3n) is 5.71. The highest BCUT2D eigenvalue weighted by Gasteiger charge is 2.23. The van der Waals surface area contributed by atoms with Crippen LogP contribution in [0.2, 0.25) is 0 Å². The van der Waals surface area contributed by atoms with Gasteiger partial charge >= 0.3 is 0 Å². The summed E-state index contributed by atoms with van der Waals surface area (Å²) in [6.07, 6.45) is 6.56. The Hall–Kier alpha value is -4.05. The molecule has 1 N–H and O–H groups in total. The van der Waals surface area contributed by atoms with Crippen LogP contribution in [0.3, 0.4) is 0 Å². The second-order valence-electron chi connectivity index (χ2n) is 7.86.